The summed E-state index contributed by atoms with van der Waals surface area (Å²) in [6.07, 6.45) is -2.21. The van der Waals surface area contributed by atoms with Crippen molar-refractivity contribution in [1.82, 2.24) is 0 Å². The number of hydrogen-bond acceptors (Lipinski definition) is 4. The molecule has 0 amide bonds. The number of aliphatic hydroxyl groups is 2. The number of rotatable bonds is 9. The zero-order valence-electron chi connectivity index (χ0n) is 7.86. The molecule has 6 heteroatoms. The first-order chi connectivity index (χ1) is 6.70. The Morgan fingerprint density at radius 3 is 1.50 bits per heavy atom. The van der Waals surface area contributed by atoms with Crippen LogP contribution in [0.3, 0.4) is 0 Å². The van der Waals surface area contributed by atoms with E-state index in [9.17, 15) is 8.78 Å². The van der Waals surface area contributed by atoms with Crippen LogP contribution in [0, 0.1) is 0 Å². The molecule has 0 aliphatic rings. The van der Waals surface area contributed by atoms with Crippen LogP contribution < -0.4 is 0 Å². The summed E-state index contributed by atoms with van der Waals surface area (Å²) in [7, 11) is 0. The van der Waals surface area contributed by atoms with Gasteiger partial charge >= 0.3 is 0 Å². The maximum Gasteiger partial charge on any atom is 0.118 e. The summed E-state index contributed by atoms with van der Waals surface area (Å²) in [5.41, 5.74) is 0. The van der Waals surface area contributed by atoms with Crippen LogP contribution in [0.1, 0.15) is 0 Å². The Morgan fingerprint density at radius 2 is 1.21 bits per heavy atom. The van der Waals surface area contributed by atoms with Crippen LogP contribution in [0.5, 0.6) is 0 Å². The molecule has 86 valence electrons. The third kappa shape index (κ3) is 8.31. The van der Waals surface area contributed by atoms with Crippen molar-refractivity contribution in [3.05, 3.63) is 0 Å². The average Bonchev–Trinajstić information content (AvgIpc) is 2.22. The van der Waals surface area contributed by atoms with Gasteiger partial charge in [0.25, 0.3) is 0 Å². The van der Waals surface area contributed by atoms with Gasteiger partial charge in [-0.25, -0.2) is 8.78 Å². The molecule has 0 bridgehead atoms. The first-order valence-electron chi connectivity index (χ1n) is 4.34. The topological polar surface area (TPSA) is 58.9 Å². The monoisotopic (exact) mass is 214 g/mol. The van der Waals surface area contributed by atoms with Crippen molar-refractivity contribution in [3.63, 3.8) is 0 Å². The Kier molecular flexibility index (Phi) is 9.06. The zero-order chi connectivity index (χ0) is 10.8. The van der Waals surface area contributed by atoms with E-state index in [-0.39, 0.29) is 26.4 Å². The van der Waals surface area contributed by atoms with Gasteiger partial charge in [-0.2, -0.15) is 0 Å². The predicted molar refractivity (Wildman–Crippen MR) is 45.6 cm³/mol. The minimum absolute atomic E-state index is 0.0917. The Hall–Kier alpha value is -0.300. The molecule has 0 aromatic carbocycles. The van der Waals surface area contributed by atoms with Gasteiger partial charge in [0.1, 0.15) is 25.6 Å². The Labute approximate surface area is 81.4 Å². The second kappa shape index (κ2) is 9.26. The number of hydrogen-bond donors (Lipinski definition) is 2. The summed E-state index contributed by atoms with van der Waals surface area (Å²) in [6, 6.07) is 0. The highest BCUT2D eigenvalue weighted by atomic mass is 19.1. The summed E-state index contributed by atoms with van der Waals surface area (Å²) in [5, 5.41) is 17.4. The largest absolute Gasteiger partial charge is 0.388 e. The molecule has 0 saturated carbocycles. The Balaban J connectivity index is 3.06. The van der Waals surface area contributed by atoms with E-state index in [4.69, 9.17) is 19.7 Å². The average molecular weight is 214 g/mol. The molecule has 4 nitrogen and oxygen atoms in total. The summed E-state index contributed by atoms with van der Waals surface area (Å²) in [5.74, 6) is 0. The quantitative estimate of drug-likeness (QED) is 0.516. The molecule has 0 radical (unpaired) electrons. The van der Waals surface area contributed by atoms with Crippen molar-refractivity contribution in [3.8, 4) is 0 Å². The number of alkyl halides is 2. The number of halogens is 2. The predicted octanol–water partition coefficient (Wildman–Crippen LogP) is -0.320. The van der Waals surface area contributed by atoms with E-state index in [0.717, 1.165) is 0 Å². The van der Waals surface area contributed by atoms with Gasteiger partial charge < -0.3 is 19.7 Å². The minimum Gasteiger partial charge on any atom is -0.388 e. The summed E-state index contributed by atoms with van der Waals surface area (Å²) >= 11 is 0. The lowest BCUT2D eigenvalue weighted by atomic mass is 10.4. The third-order valence-corrected chi connectivity index (χ3v) is 1.35. The van der Waals surface area contributed by atoms with Crippen LogP contribution in [-0.2, 0) is 9.47 Å². The fourth-order valence-corrected chi connectivity index (χ4v) is 0.646. The van der Waals surface area contributed by atoms with Crippen LogP contribution in [-0.4, -0.2) is 62.2 Å². The molecule has 2 atom stereocenters. The normalized spacial score (nSPS) is 15.4. The lowest BCUT2D eigenvalue weighted by Gasteiger charge is -2.09. The molecule has 2 N–H and O–H groups in total. The highest BCUT2D eigenvalue weighted by Gasteiger charge is 2.04. The van der Waals surface area contributed by atoms with Crippen LogP contribution in [0.25, 0.3) is 0 Å². The van der Waals surface area contributed by atoms with Gasteiger partial charge in [-0.3, -0.25) is 0 Å². The van der Waals surface area contributed by atoms with E-state index >= 15 is 0 Å². The maximum atomic E-state index is 11.7. The molecule has 0 rings (SSSR count). The second-order valence-corrected chi connectivity index (χ2v) is 2.77. The molecule has 0 aliphatic heterocycles. The van der Waals surface area contributed by atoms with E-state index in [0.29, 0.717) is 0 Å². The van der Waals surface area contributed by atoms with E-state index in [1.165, 1.54) is 0 Å². The SMILES string of the molecule is OC(CF)COCCOCC(O)CF. The molecular weight excluding hydrogens is 198 g/mol. The van der Waals surface area contributed by atoms with Crippen molar-refractivity contribution in [1.29, 1.82) is 0 Å². The number of aliphatic hydroxyl groups excluding tert-OH is 2. The highest BCUT2D eigenvalue weighted by Crippen LogP contribution is 1.89. The standard InChI is InChI=1S/C8H16F2O4/c9-3-7(11)5-13-1-2-14-6-8(12)4-10/h7-8,11-12H,1-6H2. The Bertz CT molecular complexity index is 112. The smallest absolute Gasteiger partial charge is 0.118 e. The molecule has 0 aromatic rings. The molecular formula is C8H16F2O4. The Morgan fingerprint density at radius 1 is 0.857 bits per heavy atom. The van der Waals surface area contributed by atoms with Gasteiger partial charge in [-0.1, -0.05) is 0 Å². The van der Waals surface area contributed by atoms with Gasteiger partial charge in [0, 0.05) is 0 Å². The fourth-order valence-electron chi connectivity index (χ4n) is 0.646. The van der Waals surface area contributed by atoms with Crippen molar-refractivity contribution in [2.45, 2.75) is 12.2 Å². The summed E-state index contributed by atoms with van der Waals surface area (Å²) in [6.45, 7) is -1.52. The van der Waals surface area contributed by atoms with Gasteiger partial charge in [-0.05, 0) is 0 Å². The van der Waals surface area contributed by atoms with E-state index in [1.807, 2.05) is 0 Å². The fraction of sp³-hybridized carbons (Fsp3) is 1.00. The zero-order valence-corrected chi connectivity index (χ0v) is 7.86. The number of ether oxygens (including phenoxy) is 2. The molecule has 0 saturated heterocycles. The lowest BCUT2D eigenvalue weighted by molar-refractivity contribution is -0.0243. The highest BCUT2D eigenvalue weighted by molar-refractivity contribution is 4.50. The van der Waals surface area contributed by atoms with E-state index in [2.05, 4.69) is 0 Å². The molecule has 0 aromatic heterocycles. The first-order valence-corrected chi connectivity index (χ1v) is 4.34. The third-order valence-electron chi connectivity index (χ3n) is 1.35. The van der Waals surface area contributed by atoms with Gasteiger partial charge in [0.15, 0.2) is 0 Å². The van der Waals surface area contributed by atoms with Crippen molar-refractivity contribution >= 4 is 0 Å². The van der Waals surface area contributed by atoms with Crippen molar-refractivity contribution in [2.75, 3.05) is 39.8 Å². The second-order valence-electron chi connectivity index (χ2n) is 2.77. The van der Waals surface area contributed by atoms with Gasteiger partial charge in [0.2, 0.25) is 0 Å². The summed E-state index contributed by atoms with van der Waals surface area (Å²) < 4.78 is 33.0. The lowest BCUT2D eigenvalue weighted by Crippen LogP contribution is -2.21. The van der Waals surface area contributed by atoms with Crippen LogP contribution >= 0.6 is 0 Å². The molecule has 0 aliphatic carbocycles. The molecule has 0 spiro atoms. The van der Waals surface area contributed by atoms with Gasteiger partial charge in [0.05, 0.1) is 26.4 Å². The summed E-state index contributed by atoms with van der Waals surface area (Å²) in [4.78, 5) is 0. The molecule has 14 heavy (non-hydrogen) atoms. The van der Waals surface area contributed by atoms with Crippen molar-refractivity contribution in [2.24, 2.45) is 0 Å². The molecule has 0 heterocycles. The van der Waals surface area contributed by atoms with E-state index in [1.54, 1.807) is 0 Å². The van der Waals surface area contributed by atoms with Crippen LogP contribution in [0.4, 0.5) is 8.78 Å². The molecule has 2 unspecified atom stereocenters. The van der Waals surface area contributed by atoms with Gasteiger partial charge in [-0.15, -0.1) is 0 Å². The maximum absolute atomic E-state index is 11.7. The van der Waals surface area contributed by atoms with Crippen molar-refractivity contribution < 1.29 is 28.5 Å². The molecule has 0 fully saturated rings. The first kappa shape index (κ1) is 13.7. The van der Waals surface area contributed by atoms with Crippen LogP contribution in [0.15, 0.2) is 0 Å². The minimum atomic E-state index is -1.11. The van der Waals surface area contributed by atoms with E-state index < -0.39 is 25.6 Å². The van der Waals surface area contributed by atoms with Crippen LogP contribution in [0.2, 0.25) is 0 Å².